The minimum atomic E-state index is -6.09. The van der Waals surface area contributed by atoms with Crippen LogP contribution in [0.1, 0.15) is 0 Å². The van der Waals surface area contributed by atoms with Gasteiger partial charge in [-0.1, -0.05) is 15.9 Å². The van der Waals surface area contributed by atoms with Crippen molar-refractivity contribution in [3.8, 4) is 0 Å². The lowest BCUT2D eigenvalue weighted by atomic mass is 10.4. The van der Waals surface area contributed by atoms with Crippen molar-refractivity contribution in [1.82, 2.24) is 0 Å². The predicted octanol–water partition coefficient (Wildman–Crippen LogP) is 1.61. The Labute approximate surface area is 124 Å². The summed E-state index contributed by atoms with van der Waals surface area (Å²) in [7, 11) is -1.73. The fourth-order valence-corrected chi connectivity index (χ4v) is 1.76. The molecule has 0 aromatic carbocycles. The maximum atomic E-state index is 10.7. The standard InChI is InChI=1S/C7H14BrN2S.CHF3O3S/c1-10(2,5-3-8)6-4-9-7-11;2-1(3,4)8(5,6)7/h3-6H2,1-2H3;(H,5,6,7)/q+1;/p-1. The first kappa shape index (κ1) is 21.2. The zero-order valence-corrected chi connectivity index (χ0v) is 13.5. The number of isothiocyanates is 1. The zero-order valence-electron chi connectivity index (χ0n) is 10.3. The van der Waals surface area contributed by atoms with E-state index in [2.05, 4.69) is 52.4 Å². The first-order chi connectivity index (χ1) is 8.37. The summed E-state index contributed by atoms with van der Waals surface area (Å²) in [6, 6.07) is 0. The number of quaternary nitrogens is 1. The van der Waals surface area contributed by atoms with Gasteiger partial charge in [0.2, 0.25) is 0 Å². The summed E-state index contributed by atoms with van der Waals surface area (Å²) in [6.45, 7) is 2.92. The van der Waals surface area contributed by atoms with Crippen LogP contribution >= 0.6 is 28.1 Å². The molecule has 0 radical (unpaired) electrons. The van der Waals surface area contributed by atoms with Crippen molar-refractivity contribution in [1.29, 1.82) is 0 Å². The molecule has 114 valence electrons. The normalized spacial score (nSPS) is 12.2. The van der Waals surface area contributed by atoms with E-state index >= 15 is 0 Å². The van der Waals surface area contributed by atoms with Crippen molar-refractivity contribution in [3.63, 3.8) is 0 Å². The van der Waals surface area contributed by atoms with E-state index in [0.29, 0.717) is 0 Å². The average Bonchev–Trinajstić information content (AvgIpc) is 2.15. The van der Waals surface area contributed by atoms with Crippen LogP contribution in [0, 0.1) is 0 Å². The Morgan fingerprint density at radius 3 is 2.05 bits per heavy atom. The molecule has 0 rings (SSSR count). The minimum absolute atomic E-state index is 0.781. The van der Waals surface area contributed by atoms with Gasteiger partial charge in [-0.15, -0.1) is 0 Å². The first-order valence-electron chi connectivity index (χ1n) is 4.81. The topological polar surface area (TPSA) is 69.6 Å². The van der Waals surface area contributed by atoms with Crippen LogP contribution in [0.2, 0.25) is 0 Å². The van der Waals surface area contributed by atoms with Crippen LogP contribution in [-0.4, -0.2) is 67.2 Å². The lowest BCUT2D eigenvalue weighted by Gasteiger charge is -2.27. The smallest absolute Gasteiger partial charge is 0.485 e. The highest BCUT2D eigenvalue weighted by atomic mass is 79.9. The summed E-state index contributed by atoms with van der Waals surface area (Å²) in [4.78, 5) is 3.87. The fraction of sp³-hybridized carbons (Fsp3) is 0.875. The monoisotopic (exact) mass is 386 g/mol. The molecule has 0 aliphatic heterocycles. The zero-order chi connectivity index (χ0) is 15.7. The van der Waals surface area contributed by atoms with Gasteiger partial charge in [0.05, 0.1) is 44.2 Å². The minimum Gasteiger partial charge on any atom is -0.741 e. The van der Waals surface area contributed by atoms with Crippen molar-refractivity contribution < 1.29 is 30.6 Å². The molecule has 0 amide bonds. The molecule has 0 aromatic heterocycles. The third-order valence-corrected chi connectivity index (χ3v) is 2.91. The van der Waals surface area contributed by atoms with Crippen molar-refractivity contribution in [2.75, 3.05) is 39.1 Å². The van der Waals surface area contributed by atoms with E-state index in [9.17, 15) is 13.2 Å². The summed E-state index contributed by atoms with van der Waals surface area (Å²) < 4.78 is 59.9. The van der Waals surface area contributed by atoms with Gasteiger partial charge in [0, 0.05) is 0 Å². The van der Waals surface area contributed by atoms with Gasteiger partial charge < -0.3 is 9.04 Å². The second-order valence-electron chi connectivity index (χ2n) is 3.94. The Bertz CT molecular complexity index is 406. The molecule has 0 bridgehead atoms. The van der Waals surface area contributed by atoms with Crippen molar-refractivity contribution in [2.45, 2.75) is 5.51 Å². The molecule has 0 aromatic rings. The Balaban J connectivity index is 0. The van der Waals surface area contributed by atoms with E-state index < -0.39 is 15.6 Å². The molecule has 0 atom stereocenters. The number of rotatable bonds is 5. The van der Waals surface area contributed by atoms with E-state index in [1.54, 1.807) is 0 Å². The van der Waals surface area contributed by atoms with Gasteiger partial charge in [0.25, 0.3) is 0 Å². The lowest BCUT2D eigenvalue weighted by Crippen LogP contribution is -2.43. The largest absolute Gasteiger partial charge is 0.741 e. The third kappa shape index (κ3) is 12.7. The molecule has 19 heavy (non-hydrogen) atoms. The molecule has 5 nitrogen and oxygen atoms in total. The molecule has 0 saturated carbocycles. The maximum Gasteiger partial charge on any atom is 0.485 e. The quantitative estimate of drug-likeness (QED) is 0.180. The van der Waals surface area contributed by atoms with E-state index in [4.69, 9.17) is 13.0 Å². The average molecular weight is 387 g/mol. The number of alkyl halides is 4. The van der Waals surface area contributed by atoms with Crippen molar-refractivity contribution in [3.05, 3.63) is 0 Å². The molecular formula is C8H14BrF3N2O3S2. The van der Waals surface area contributed by atoms with Gasteiger partial charge in [-0.25, -0.2) is 13.4 Å². The predicted molar refractivity (Wildman–Crippen MR) is 71.3 cm³/mol. The van der Waals surface area contributed by atoms with E-state index in [-0.39, 0.29) is 0 Å². The third-order valence-electron chi connectivity index (χ3n) is 1.85. The van der Waals surface area contributed by atoms with Gasteiger partial charge in [-0.3, -0.25) is 0 Å². The van der Waals surface area contributed by atoms with Crippen LogP contribution in [0.3, 0.4) is 0 Å². The van der Waals surface area contributed by atoms with Gasteiger partial charge in [-0.05, 0) is 12.2 Å². The molecule has 0 N–H and O–H groups in total. The Morgan fingerprint density at radius 1 is 1.37 bits per heavy atom. The molecule has 0 fully saturated rings. The SMILES string of the molecule is C[N+](C)(CCBr)CCN=C=S.O=S(=O)([O-])C(F)(F)F. The van der Waals surface area contributed by atoms with Gasteiger partial charge >= 0.3 is 5.51 Å². The van der Waals surface area contributed by atoms with Crippen LogP contribution in [0.5, 0.6) is 0 Å². The molecule has 0 saturated heterocycles. The van der Waals surface area contributed by atoms with Crippen LogP contribution < -0.4 is 0 Å². The number of aliphatic imine (C=N–C) groups is 1. The summed E-state index contributed by atoms with van der Waals surface area (Å²) in [5.74, 6) is 0. The number of hydrogen-bond acceptors (Lipinski definition) is 5. The number of thiocarbonyl (C=S) groups is 1. The molecule has 0 aliphatic rings. The molecule has 0 heterocycles. The summed E-state index contributed by atoms with van der Waals surface area (Å²) in [5.41, 5.74) is -5.65. The van der Waals surface area contributed by atoms with Crippen LogP contribution in [0.25, 0.3) is 0 Å². The summed E-state index contributed by atoms with van der Waals surface area (Å²) in [6.07, 6.45) is 0. The number of hydrogen-bond donors (Lipinski definition) is 0. The molecule has 11 heteroatoms. The van der Waals surface area contributed by atoms with Crippen molar-refractivity contribution >= 4 is 43.4 Å². The first-order valence-corrected chi connectivity index (χ1v) is 7.75. The van der Waals surface area contributed by atoms with Crippen molar-refractivity contribution in [2.24, 2.45) is 4.99 Å². The maximum absolute atomic E-state index is 10.7. The molecule has 0 aliphatic carbocycles. The van der Waals surface area contributed by atoms with E-state index in [1.165, 1.54) is 0 Å². The van der Waals surface area contributed by atoms with E-state index in [1.807, 2.05) is 0 Å². The molecule has 0 unspecified atom stereocenters. The second kappa shape index (κ2) is 8.98. The highest BCUT2D eigenvalue weighted by molar-refractivity contribution is 9.09. The molecular weight excluding hydrogens is 373 g/mol. The summed E-state index contributed by atoms with van der Waals surface area (Å²) in [5, 5.41) is 3.40. The summed E-state index contributed by atoms with van der Waals surface area (Å²) >= 11 is 7.88. The number of nitrogens with zero attached hydrogens (tertiary/aromatic N) is 2. The number of halogens is 4. The van der Waals surface area contributed by atoms with Gasteiger partial charge in [-0.2, -0.15) is 13.2 Å². The second-order valence-corrected chi connectivity index (χ2v) is 6.29. The fourth-order valence-electron chi connectivity index (χ4n) is 0.707. The number of likely N-dealkylation sites (N-methyl/N-ethyl adjacent to an activating group) is 1. The Morgan fingerprint density at radius 2 is 1.79 bits per heavy atom. The molecule has 0 spiro atoms. The lowest BCUT2D eigenvalue weighted by molar-refractivity contribution is -0.886. The Kier molecular flexibility index (Phi) is 10.0. The van der Waals surface area contributed by atoms with Crippen LogP contribution in [0.4, 0.5) is 13.2 Å². The van der Waals surface area contributed by atoms with Crippen LogP contribution in [0.15, 0.2) is 4.99 Å². The van der Waals surface area contributed by atoms with Gasteiger partial charge in [0.15, 0.2) is 10.1 Å². The highest BCUT2D eigenvalue weighted by Gasteiger charge is 2.36. The van der Waals surface area contributed by atoms with E-state index in [0.717, 1.165) is 29.4 Å². The highest BCUT2D eigenvalue weighted by Crippen LogP contribution is 2.20. The van der Waals surface area contributed by atoms with Crippen LogP contribution in [-0.2, 0) is 10.1 Å². The Hall–Kier alpha value is -0.0600. The van der Waals surface area contributed by atoms with Gasteiger partial charge in [0.1, 0.15) is 0 Å².